The number of carboxylic acid groups (broad SMARTS) is 1. The first-order valence-electron chi connectivity index (χ1n) is 4.77. The molecule has 92 valence electrons. The average molecular weight is 318 g/mol. The van der Waals surface area contributed by atoms with Crippen molar-refractivity contribution >= 4 is 39.6 Å². The van der Waals surface area contributed by atoms with Gasteiger partial charge in [0.25, 0.3) is 0 Å². The molecule has 0 spiro atoms. The van der Waals surface area contributed by atoms with Crippen molar-refractivity contribution in [1.82, 2.24) is 4.90 Å². The molecule has 1 amide bonds. The standard InChI is InChI=1S/C11H12BrNO3S/c1-13(2)10(14)6-17-7-3-4-9(12)8(5-7)11(15)16/h3-5H,6H2,1-2H3,(H,15,16). The Morgan fingerprint density at radius 2 is 2.06 bits per heavy atom. The van der Waals surface area contributed by atoms with Gasteiger partial charge < -0.3 is 10.0 Å². The molecular formula is C11H12BrNO3S. The summed E-state index contributed by atoms with van der Waals surface area (Å²) >= 11 is 4.49. The van der Waals surface area contributed by atoms with Crippen LogP contribution in [0.15, 0.2) is 27.6 Å². The molecule has 1 aromatic rings. The van der Waals surface area contributed by atoms with Crippen molar-refractivity contribution in [2.75, 3.05) is 19.8 Å². The Morgan fingerprint density at radius 3 is 2.59 bits per heavy atom. The molecule has 6 heteroatoms. The van der Waals surface area contributed by atoms with E-state index >= 15 is 0 Å². The van der Waals surface area contributed by atoms with Gasteiger partial charge in [-0.3, -0.25) is 4.79 Å². The minimum absolute atomic E-state index is 0.00482. The first-order valence-corrected chi connectivity index (χ1v) is 6.55. The van der Waals surface area contributed by atoms with E-state index in [0.29, 0.717) is 10.2 Å². The maximum atomic E-state index is 11.4. The molecule has 4 nitrogen and oxygen atoms in total. The van der Waals surface area contributed by atoms with E-state index in [0.717, 1.165) is 4.90 Å². The fourth-order valence-electron chi connectivity index (χ4n) is 1.03. The lowest BCUT2D eigenvalue weighted by Crippen LogP contribution is -2.23. The van der Waals surface area contributed by atoms with E-state index in [1.54, 1.807) is 32.3 Å². The van der Waals surface area contributed by atoms with Gasteiger partial charge in [-0.05, 0) is 34.1 Å². The maximum absolute atomic E-state index is 11.4. The molecule has 1 N–H and O–H groups in total. The van der Waals surface area contributed by atoms with E-state index < -0.39 is 5.97 Å². The van der Waals surface area contributed by atoms with E-state index in [2.05, 4.69) is 15.9 Å². The SMILES string of the molecule is CN(C)C(=O)CSc1ccc(Br)c(C(=O)O)c1. The first-order chi connectivity index (χ1) is 7.91. The summed E-state index contributed by atoms with van der Waals surface area (Å²) in [7, 11) is 3.38. The number of nitrogens with zero attached hydrogens (tertiary/aromatic N) is 1. The summed E-state index contributed by atoms with van der Waals surface area (Å²) in [5.74, 6) is -0.693. The zero-order valence-electron chi connectivity index (χ0n) is 9.44. The van der Waals surface area contributed by atoms with Crippen molar-refractivity contribution in [3.8, 4) is 0 Å². The van der Waals surface area contributed by atoms with Crippen molar-refractivity contribution in [2.24, 2.45) is 0 Å². The molecule has 0 aliphatic carbocycles. The summed E-state index contributed by atoms with van der Waals surface area (Å²) in [4.78, 5) is 24.6. The smallest absolute Gasteiger partial charge is 0.336 e. The van der Waals surface area contributed by atoms with Crippen LogP contribution < -0.4 is 0 Å². The summed E-state index contributed by atoms with van der Waals surface area (Å²) in [6.07, 6.45) is 0. The van der Waals surface area contributed by atoms with Gasteiger partial charge in [-0.15, -0.1) is 11.8 Å². The highest BCUT2D eigenvalue weighted by atomic mass is 79.9. The third kappa shape index (κ3) is 4.05. The van der Waals surface area contributed by atoms with Gasteiger partial charge >= 0.3 is 5.97 Å². The van der Waals surface area contributed by atoms with Gasteiger partial charge in [0.2, 0.25) is 5.91 Å². The lowest BCUT2D eigenvalue weighted by Gasteiger charge is -2.10. The van der Waals surface area contributed by atoms with Gasteiger partial charge in [0, 0.05) is 23.5 Å². The van der Waals surface area contributed by atoms with Crippen LogP contribution in [0.2, 0.25) is 0 Å². The lowest BCUT2D eigenvalue weighted by molar-refractivity contribution is -0.125. The number of carbonyl (C=O) groups excluding carboxylic acids is 1. The van der Waals surface area contributed by atoms with Crippen LogP contribution in [-0.4, -0.2) is 41.7 Å². The number of rotatable bonds is 4. The minimum atomic E-state index is -0.988. The number of hydrogen-bond acceptors (Lipinski definition) is 3. The molecule has 0 saturated carbocycles. The second-order valence-corrected chi connectivity index (χ2v) is 5.43. The fourth-order valence-corrected chi connectivity index (χ4v) is 2.36. The Labute approximate surface area is 112 Å². The van der Waals surface area contributed by atoms with Crippen molar-refractivity contribution in [1.29, 1.82) is 0 Å². The highest BCUT2D eigenvalue weighted by molar-refractivity contribution is 9.10. The van der Waals surface area contributed by atoms with Crippen molar-refractivity contribution in [3.63, 3.8) is 0 Å². The third-order valence-electron chi connectivity index (χ3n) is 2.03. The summed E-state index contributed by atoms with van der Waals surface area (Å²) in [5, 5.41) is 8.94. The summed E-state index contributed by atoms with van der Waals surface area (Å²) in [6, 6.07) is 5.01. The molecule has 0 aliphatic rings. The quantitative estimate of drug-likeness (QED) is 0.866. The van der Waals surface area contributed by atoms with Gasteiger partial charge in [-0.25, -0.2) is 4.79 Å². The van der Waals surface area contributed by atoms with E-state index in [1.165, 1.54) is 16.7 Å². The van der Waals surface area contributed by atoms with Gasteiger partial charge in [0.1, 0.15) is 0 Å². The largest absolute Gasteiger partial charge is 0.478 e. The molecule has 0 heterocycles. The van der Waals surface area contributed by atoms with Crippen LogP contribution in [0.1, 0.15) is 10.4 Å². The third-order valence-corrected chi connectivity index (χ3v) is 3.70. The molecule has 0 saturated heterocycles. The van der Waals surface area contributed by atoms with Crippen LogP contribution in [0.25, 0.3) is 0 Å². The highest BCUT2D eigenvalue weighted by Crippen LogP contribution is 2.25. The molecule has 0 unspecified atom stereocenters. The number of halogens is 1. The summed E-state index contributed by atoms with van der Waals surface area (Å²) in [6.45, 7) is 0. The minimum Gasteiger partial charge on any atom is -0.478 e. The molecule has 1 aromatic carbocycles. The zero-order chi connectivity index (χ0) is 13.0. The summed E-state index contributed by atoms with van der Waals surface area (Å²) < 4.78 is 0.535. The molecule has 0 aromatic heterocycles. The topological polar surface area (TPSA) is 57.6 Å². The lowest BCUT2D eigenvalue weighted by atomic mass is 10.2. The fraction of sp³-hybridized carbons (Fsp3) is 0.273. The Morgan fingerprint density at radius 1 is 1.41 bits per heavy atom. The second-order valence-electron chi connectivity index (χ2n) is 3.52. The number of hydrogen-bond donors (Lipinski definition) is 1. The number of thioether (sulfide) groups is 1. The molecular weight excluding hydrogens is 306 g/mol. The van der Waals surface area contributed by atoms with Crippen LogP contribution in [-0.2, 0) is 4.79 Å². The normalized spacial score (nSPS) is 10.1. The molecule has 1 rings (SSSR count). The van der Waals surface area contributed by atoms with Gasteiger partial charge in [0.15, 0.2) is 0 Å². The van der Waals surface area contributed by atoms with Crippen LogP contribution in [0, 0.1) is 0 Å². The summed E-state index contributed by atoms with van der Waals surface area (Å²) in [5.41, 5.74) is 0.201. The van der Waals surface area contributed by atoms with E-state index in [4.69, 9.17) is 5.11 Å². The van der Waals surface area contributed by atoms with Gasteiger partial charge in [-0.1, -0.05) is 0 Å². The Balaban J connectivity index is 2.76. The predicted octanol–water partition coefficient (Wildman–Crippen LogP) is 2.33. The van der Waals surface area contributed by atoms with Crippen LogP contribution in [0.3, 0.4) is 0 Å². The van der Waals surface area contributed by atoms with Crippen molar-refractivity contribution in [3.05, 3.63) is 28.2 Å². The van der Waals surface area contributed by atoms with E-state index in [9.17, 15) is 9.59 Å². The predicted molar refractivity (Wildman–Crippen MR) is 70.5 cm³/mol. The Bertz CT molecular complexity index is 448. The average Bonchev–Trinajstić information content (AvgIpc) is 2.26. The van der Waals surface area contributed by atoms with Crippen molar-refractivity contribution in [2.45, 2.75) is 4.90 Å². The molecule has 0 radical (unpaired) electrons. The maximum Gasteiger partial charge on any atom is 0.336 e. The van der Waals surface area contributed by atoms with Crippen LogP contribution in [0.5, 0.6) is 0 Å². The highest BCUT2D eigenvalue weighted by Gasteiger charge is 2.10. The van der Waals surface area contributed by atoms with Crippen LogP contribution >= 0.6 is 27.7 Å². The Hall–Kier alpha value is -1.01. The first kappa shape index (κ1) is 14.1. The van der Waals surface area contributed by atoms with Gasteiger partial charge in [0.05, 0.1) is 11.3 Å². The number of aromatic carboxylic acids is 1. The van der Waals surface area contributed by atoms with Crippen molar-refractivity contribution < 1.29 is 14.7 Å². The molecule has 0 fully saturated rings. The molecule has 0 aliphatic heterocycles. The van der Waals surface area contributed by atoms with E-state index in [-0.39, 0.29) is 11.5 Å². The van der Waals surface area contributed by atoms with Crippen LogP contribution in [0.4, 0.5) is 0 Å². The van der Waals surface area contributed by atoms with Gasteiger partial charge in [-0.2, -0.15) is 0 Å². The number of carbonyl (C=O) groups is 2. The number of benzene rings is 1. The number of carboxylic acids is 1. The zero-order valence-corrected chi connectivity index (χ0v) is 11.8. The molecule has 0 atom stereocenters. The Kier molecular flexibility index (Phi) is 5.02. The van der Waals surface area contributed by atoms with E-state index in [1.807, 2.05) is 0 Å². The monoisotopic (exact) mass is 317 g/mol. The molecule has 17 heavy (non-hydrogen) atoms. The second kappa shape index (κ2) is 6.07. The molecule has 0 bridgehead atoms. The number of amides is 1.